The van der Waals surface area contributed by atoms with Crippen molar-refractivity contribution >= 4 is 5.69 Å². The van der Waals surface area contributed by atoms with Crippen LogP contribution in [0.1, 0.15) is 12.8 Å². The number of benzene rings is 1. The Kier molecular flexibility index (Phi) is 3.76. The molecule has 0 radical (unpaired) electrons. The lowest BCUT2D eigenvalue weighted by Gasteiger charge is -2.08. The number of aromatic nitrogens is 1. The van der Waals surface area contributed by atoms with Crippen molar-refractivity contribution in [2.45, 2.75) is 13.5 Å². The number of nitrogens with two attached hydrogens (primary N) is 1. The Morgan fingerprint density at radius 1 is 1.53 bits per heavy atom. The molecule has 7 nitrogen and oxygen atoms in total. The second kappa shape index (κ2) is 5.49. The molecule has 2 rings (SSSR count). The van der Waals surface area contributed by atoms with Gasteiger partial charge in [0.1, 0.15) is 0 Å². The fourth-order valence-electron chi connectivity index (χ4n) is 1.69. The van der Waals surface area contributed by atoms with E-state index in [9.17, 15) is 10.1 Å². The van der Waals surface area contributed by atoms with Crippen LogP contribution >= 0.6 is 0 Å². The molecular weight excluding hydrogens is 250 g/mol. The highest BCUT2D eigenvalue weighted by molar-refractivity contribution is 5.71. The van der Waals surface area contributed by atoms with Gasteiger partial charge >= 0.3 is 5.69 Å². The van der Waals surface area contributed by atoms with Crippen molar-refractivity contribution in [3.05, 3.63) is 40.4 Å². The Labute approximate surface area is 109 Å². The highest BCUT2D eigenvalue weighted by Crippen LogP contribution is 2.38. The van der Waals surface area contributed by atoms with E-state index in [0.717, 1.165) is 0 Å². The van der Waals surface area contributed by atoms with E-state index < -0.39 is 4.92 Å². The molecule has 100 valence electrons. The summed E-state index contributed by atoms with van der Waals surface area (Å²) in [5, 5.41) is 11.0. The Hall–Kier alpha value is -2.41. The molecule has 0 saturated carbocycles. The van der Waals surface area contributed by atoms with Crippen molar-refractivity contribution in [1.82, 2.24) is 4.98 Å². The van der Waals surface area contributed by atoms with Crippen molar-refractivity contribution < 1.29 is 14.1 Å². The molecule has 0 bridgehead atoms. The summed E-state index contributed by atoms with van der Waals surface area (Å²) in [4.78, 5) is 14.5. The van der Waals surface area contributed by atoms with Gasteiger partial charge in [-0.05, 0) is 13.0 Å². The molecule has 0 atom stereocenters. The summed E-state index contributed by atoms with van der Waals surface area (Å²) in [6, 6.07) is 4.63. The number of nitrogens with zero attached hydrogens (tertiary/aromatic N) is 2. The molecule has 0 fully saturated rings. The van der Waals surface area contributed by atoms with Crippen LogP contribution in [0.25, 0.3) is 11.3 Å². The van der Waals surface area contributed by atoms with E-state index in [-0.39, 0.29) is 18.0 Å². The van der Waals surface area contributed by atoms with Gasteiger partial charge in [0.2, 0.25) is 11.6 Å². The van der Waals surface area contributed by atoms with Crippen LogP contribution in [0.5, 0.6) is 5.75 Å². The summed E-state index contributed by atoms with van der Waals surface area (Å²) in [7, 11) is 0. The van der Waals surface area contributed by atoms with Gasteiger partial charge in [0.25, 0.3) is 0 Å². The normalized spacial score (nSPS) is 10.4. The van der Waals surface area contributed by atoms with Gasteiger partial charge in [-0.3, -0.25) is 10.1 Å². The number of ether oxygens (including phenoxy) is 1. The second-order valence-corrected chi connectivity index (χ2v) is 3.67. The molecule has 2 N–H and O–H groups in total. The molecule has 1 aromatic heterocycles. The summed E-state index contributed by atoms with van der Waals surface area (Å²) in [6.45, 7) is 2.24. The minimum absolute atomic E-state index is 0.106. The standard InChI is InChI=1S/C12H13N3O4/c1-2-18-12-8(4-3-5-9(12)15(16)17)10-7-14-11(6-13)19-10/h3-5,7H,2,6,13H2,1H3. The van der Waals surface area contributed by atoms with Crippen LogP contribution in [0.3, 0.4) is 0 Å². The van der Waals surface area contributed by atoms with E-state index in [1.165, 1.54) is 12.3 Å². The minimum Gasteiger partial charge on any atom is -0.487 e. The highest BCUT2D eigenvalue weighted by Gasteiger charge is 2.21. The van der Waals surface area contributed by atoms with Gasteiger partial charge in [-0.1, -0.05) is 6.07 Å². The first-order valence-corrected chi connectivity index (χ1v) is 5.72. The third-order valence-corrected chi connectivity index (χ3v) is 2.47. The van der Waals surface area contributed by atoms with Crippen LogP contribution in [0.2, 0.25) is 0 Å². The van der Waals surface area contributed by atoms with Gasteiger partial charge in [0.15, 0.2) is 5.76 Å². The first kappa shape index (κ1) is 13.0. The molecular formula is C12H13N3O4. The lowest BCUT2D eigenvalue weighted by Crippen LogP contribution is -1.99. The van der Waals surface area contributed by atoms with E-state index in [4.69, 9.17) is 14.9 Å². The molecule has 0 unspecified atom stereocenters. The first-order chi connectivity index (χ1) is 9.17. The number of para-hydroxylation sites is 1. The van der Waals surface area contributed by atoms with Gasteiger partial charge in [0, 0.05) is 6.07 Å². The van der Waals surface area contributed by atoms with Crippen molar-refractivity contribution in [3.63, 3.8) is 0 Å². The molecule has 19 heavy (non-hydrogen) atoms. The molecule has 0 aliphatic heterocycles. The minimum atomic E-state index is -0.491. The van der Waals surface area contributed by atoms with E-state index in [0.29, 0.717) is 23.8 Å². The van der Waals surface area contributed by atoms with Crippen LogP contribution < -0.4 is 10.5 Å². The van der Waals surface area contributed by atoms with Gasteiger partial charge in [-0.25, -0.2) is 4.98 Å². The van der Waals surface area contributed by atoms with Gasteiger partial charge in [0.05, 0.1) is 29.8 Å². The van der Waals surface area contributed by atoms with E-state index in [2.05, 4.69) is 4.98 Å². The average molecular weight is 263 g/mol. The number of rotatable bonds is 5. The lowest BCUT2D eigenvalue weighted by atomic mass is 10.1. The maximum Gasteiger partial charge on any atom is 0.311 e. The van der Waals surface area contributed by atoms with Crippen LogP contribution in [-0.4, -0.2) is 16.5 Å². The molecule has 0 amide bonds. The summed E-state index contributed by atoms with van der Waals surface area (Å²) in [6.07, 6.45) is 1.48. The molecule has 1 aromatic carbocycles. The van der Waals surface area contributed by atoms with Crippen molar-refractivity contribution in [2.24, 2.45) is 5.73 Å². The van der Waals surface area contributed by atoms with Gasteiger partial charge < -0.3 is 14.9 Å². The van der Waals surface area contributed by atoms with Gasteiger partial charge in [-0.2, -0.15) is 0 Å². The monoisotopic (exact) mass is 263 g/mol. The van der Waals surface area contributed by atoms with Crippen LogP contribution in [0.4, 0.5) is 5.69 Å². The highest BCUT2D eigenvalue weighted by atomic mass is 16.6. The number of nitro benzene ring substituents is 1. The zero-order chi connectivity index (χ0) is 13.8. The topological polar surface area (TPSA) is 104 Å². The maximum atomic E-state index is 11.0. The third kappa shape index (κ3) is 2.55. The third-order valence-electron chi connectivity index (χ3n) is 2.47. The summed E-state index contributed by atoms with van der Waals surface area (Å²) in [5.41, 5.74) is 5.80. The molecule has 2 aromatic rings. The maximum absolute atomic E-state index is 11.0. The summed E-state index contributed by atoms with van der Waals surface area (Å²) < 4.78 is 10.8. The average Bonchev–Trinajstić information content (AvgIpc) is 2.87. The zero-order valence-corrected chi connectivity index (χ0v) is 10.3. The predicted octanol–water partition coefficient (Wildman–Crippen LogP) is 2.11. The Balaban J connectivity index is 2.55. The molecule has 1 heterocycles. The summed E-state index contributed by atoms with van der Waals surface area (Å²) >= 11 is 0. The van der Waals surface area contributed by atoms with Crippen LogP contribution in [-0.2, 0) is 6.54 Å². The molecule has 7 heteroatoms. The molecule has 0 aliphatic carbocycles. The predicted molar refractivity (Wildman–Crippen MR) is 67.7 cm³/mol. The quantitative estimate of drug-likeness (QED) is 0.654. The first-order valence-electron chi connectivity index (χ1n) is 5.72. The van der Waals surface area contributed by atoms with E-state index in [1.807, 2.05) is 0 Å². The van der Waals surface area contributed by atoms with Crippen molar-refractivity contribution in [1.29, 1.82) is 0 Å². The van der Waals surface area contributed by atoms with Crippen LogP contribution in [0.15, 0.2) is 28.8 Å². The van der Waals surface area contributed by atoms with E-state index in [1.54, 1.807) is 19.1 Å². The Bertz CT molecular complexity index is 594. The second-order valence-electron chi connectivity index (χ2n) is 3.67. The van der Waals surface area contributed by atoms with Crippen molar-refractivity contribution in [2.75, 3.05) is 6.61 Å². The number of hydrogen-bond acceptors (Lipinski definition) is 6. The molecule has 0 aliphatic rings. The Morgan fingerprint density at radius 3 is 2.89 bits per heavy atom. The van der Waals surface area contributed by atoms with Gasteiger partial charge in [-0.15, -0.1) is 0 Å². The van der Waals surface area contributed by atoms with E-state index >= 15 is 0 Å². The fraction of sp³-hybridized carbons (Fsp3) is 0.250. The molecule has 0 saturated heterocycles. The smallest absolute Gasteiger partial charge is 0.311 e. The largest absolute Gasteiger partial charge is 0.487 e. The zero-order valence-electron chi connectivity index (χ0n) is 10.3. The van der Waals surface area contributed by atoms with Crippen molar-refractivity contribution in [3.8, 4) is 17.1 Å². The number of oxazole rings is 1. The summed E-state index contributed by atoms with van der Waals surface area (Å²) in [5.74, 6) is 0.936. The lowest BCUT2D eigenvalue weighted by molar-refractivity contribution is -0.385. The SMILES string of the molecule is CCOc1c(-c2cnc(CN)o2)cccc1[N+](=O)[O-]. The Morgan fingerprint density at radius 2 is 2.32 bits per heavy atom. The van der Waals surface area contributed by atoms with Crippen LogP contribution in [0, 0.1) is 10.1 Å². The number of nitro groups is 1. The molecule has 0 spiro atoms. The number of hydrogen-bond donors (Lipinski definition) is 1. The fourth-order valence-corrected chi connectivity index (χ4v) is 1.69.